The summed E-state index contributed by atoms with van der Waals surface area (Å²) < 4.78 is 0. The van der Waals surface area contributed by atoms with E-state index in [0.717, 1.165) is 0 Å². The molecule has 0 radical (unpaired) electrons. The van der Waals surface area contributed by atoms with Gasteiger partial charge in [-0.05, 0) is 63.9 Å². The monoisotopic (exact) mass is 422 g/mol. The van der Waals surface area contributed by atoms with E-state index in [2.05, 4.69) is 135 Å². The van der Waals surface area contributed by atoms with Crippen molar-refractivity contribution in [1.82, 2.24) is 0 Å². The highest BCUT2D eigenvalue weighted by molar-refractivity contribution is 5.93. The molecule has 0 aromatic heterocycles. The summed E-state index contributed by atoms with van der Waals surface area (Å²) in [6, 6.07) is 44.6. The molecule has 0 nitrogen and oxygen atoms in total. The smallest absolute Gasteiger partial charge is 0.0622 e. The second kappa shape index (κ2) is 7.60. The van der Waals surface area contributed by atoms with Gasteiger partial charge in [-0.1, -0.05) is 127 Å². The van der Waals surface area contributed by atoms with Crippen LogP contribution in [0.25, 0.3) is 22.3 Å². The third kappa shape index (κ3) is 2.84. The van der Waals surface area contributed by atoms with Crippen molar-refractivity contribution in [2.75, 3.05) is 0 Å². The van der Waals surface area contributed by atoms with E-state index in [-0.39, 0.29) is 5.41 Å². The Morgan fingerprint density at radius 1 is 0.424 bits per heavy atom. The fourth-order valence-electron chi connectivity index (χ4n) is 5.79. The van der Waals surface area contributed by atoms with E-state index in [9.17, 15) is 0 Å². The Kier molecular flexibility index (Phi) is 4.55. The predicted molar refractivity (Wildman–Crippen MR) is 139 cm³/mol. The van der Waals surface area contributed by atoms with Crippen molar-refractivity contribution in [2.24, 2.45) is 0 Å². The van der Waals surface area contributed by atoms with Crippen LogP contribution < -0.4 is 0 Å². The van der Waals surface area contributed by atoms with Gasteiger partial charge in [-0.3, -0.25) is 0 Å². The lowest BCUT2D eigenvalue weighted by atomic mass is 9.65. The number of aryl methyl sites for hydroxylation is 2. The van der Waals surface area contributed by atoms with Gasteiger partial charge in [0.1, 0.15) is 0 Å². The normalized spacial score (nSPS) is 13.4. The van der Waals surface area contributed by atoms with Crippen molar-refractivity contribution in [3.8, 4) is 22.3 Å². The zero-order chi connectivity index (χ0) is 22.4. The number of hydrogen-bond donors (Lipinski definition) is 0. The SMILES string of the molecule is Cc1ccc(-c2cccc3c2C(c2ccccc2)(c2ccccc2)c2c(C)cccc2-3)cc1. The van der Waals surface area contributed by atoms with Gasteiger partial charge >= 0.3 is 0 Å². The quantitative estimate of drug-likeness (QED) is 0.269. The predicted octanol–water partition coefficient (Wildman–Crippen LogP) is 8.33. The zero-order valence-electron chi connectivity index (χ0n) is 19.0. The van der Waals surface area contributed by atoms with Crippen molar-refractivity contribution < 1.29 is 0 Å². The van der Waals surface area contributed by atoms with Gasteiger partial charge in [0.05, 0.1) is 5.41 Å². The third-order valence-electron chi connectivity index (χ3n) is 7.15. The van der Waals surface area contributed by atoms with Crippen molar-refractivity contribution in [3.63, 3.8) is 0 Å². The molecule has 0 fully saturated rings. The Morgan fingerprint density at radius 2 is 0.939 bits per heavy atom. The first kappa shape index (κ1) is 19.8. The van der Waals surface area contributed by atoms with E-state index in [1.807, 2.05) is 0 Å². The van der Waals surface area contributed by atoms with Crippen molar-refractivity contribution >= 4 is 0 Å². The molecular formula is C33H26. The number of fused-ring (bicyclic) bond motifs is 3. The highest BCUT2D eigenvalue weighted by Crippen LogP contribution is 2.59. The molecule has 5 aromatic rings. The standard InChI is InChI=1S/C33H26/c1-23-19-21-25(22-20-23)28-16-10-18-30-29-17-9-11-24(2)31(29)33(32(28)30,26-12-5-3-6-13-26)27-14-7-4-8-15-27/h3-22H,1-2H3. The molecule has 0 N–H and O–H groups in total. The molecular weight excluding hydrogens is 396 g/mol. The molecule has 33 heavy (non-hydrogen) atoms. The lowest BCUT2D eigenvalue weighted by Crippen LogP contribution is -2.30. The number of rotatable bonds is 3. The first-order chi connectivity index (χ1) is 16.2. The minimum Gasteiger partial charge on any atom is -0.0622 e. The van der Waals surface area contributed by atoms with Crippen molar-refractivity contribution in [2.45, 2.75) is 19.3 Å². The van der Waals surface area contributed by atoms with Crippen LogP contribution in [0.4, 0.5) is 0 Å². The number of hydrogen-bond acceptors (Lipinski definition) is 0. The van der Waals surface area contributed by atoms with Crippen LogP contribution >= 0.6 is 0 Å². The highest BCUT2D eigenvalue weighted by Gasteiger charge is 2.48. The van der Waals surface area contributed by atoms with Crippen LogP contribution in [0.2, 0.25) is 0 Å². The van der Waals surface area contributed by atoms with Gasteiger partial charge in [0.15, 0.2) is 0 Å². The van der Waals surface area contributed by atoms with Gasteiger partial charge in [0.25, 0.3) is 0 Å². The molecule has 5 aromatic carbocycles. The van der Waals surface area contributed by atoms with Crippen LogP contribution in [-0.4, -0.2) is 0 Å². The lowest BCUT2D eigenvalue weighted by Gasteiger charge is -2.36. The Labute approximate surface area is 196 Å². The second-order valence-electron chi connectivity index (χ2n) is 9.07. The summed E-state index contributed by atoms with van der Waals surface area (Å²) in [4.78, 5) is 0. The fourth-order valence-corrected chi connectivity index (χ4v) is 5.79. The molecule has 158 valence electrons. The van der Waals surface area contributed by atoms with Crippen molar-refractivity contribution in [3.05, 3.63) is 155 Å². The minimum atomic E-state index is -0.375. The molecule has 0 saturated heterocycles. The van der Waals surface area contributed by atoms with Crippen LogP contribution in [0, 0.1) is 13.8 Å². The highest BCUT2D eigenvalue weighted by atomic mass is 14.5. The van der Waals surface area contributed by atoms with Gasteiger partial charge in [-0.2, -0.15) is 0 Å². The zero-order valence-corrected chi connectivity index (χ0v) is 19.0. The largest absolute Gasteiger partial charge is 0.0722 e. The second-order valence-corrected chi connectivity index (χ2v) is 9.07. The topological polar surface area (TPSA) is 0 Å². The Balaban J connectivity index is 1.83. The molecule has 0 heterocycles. The van der Waals surface area contributed by atoms with Crippen LogP contribution in [0.15, 0.2) is 121 Å². The summed E-state index contributed by atoms with van der Waals surface area (Å²) in [5.74, 6) is 0. The van der Waals surface area contributed by atoms with E-state index < -0.39 is 0 Å². The molecule has 1 aliphatic carbocycles. The fraction of sp³-hybridized carbons (Fsp3) is 0.0909. The molecule has 0 aliphatic heterocycles. The Hall–Kier alpha value is -3.90. The Morgan fingerprint density at radius 3 is 1.55 bits per heavy atom. The molecule has 6 rings (SSSR count). The summed E-state index contributed by atoms with van der Waals surface area (Å²) in [5.41, 5.74) is 12.9. The maximum absolute atomic E-state index is 2.30. The van der Waals surface area contributed by atoms with E-state index in [0.29, 0.717) is 0 Å². The molecule has 0 spiro atoms. The summed E-state index contributed by atoms with van der Waals surface area (Å²) >= 11 is 0. The van der Waals surface area contributed by atoms with Gasteiger partial charge in [0.2, 0.25) is 0 Å². The van der Waals surface area contributed by atoms with Gasteiger partial charge < -0.3 is 0 Å². The molecule has 0 unspecified atom stereocenters. The molecule has 0 bridgehead atoms. The molecule has 0 heteroatoms. The van der Waals surface area contributed by atoms with Crippen LogP contribution in [0.5, 0.6) is 0 Å². The van der Waals surface area contributed by atoms with E-state index in [1.54, 1.807) is 0 Å². The van der Waals surface area contributed by atoms with Crippen LogP contribution in [0.3, 0.4) is 0 Å². The first-order valence-electron chi connectivity index (χ1n) is 11.6. The average Bonchev–Trinajstić information content (AvgIpc) is 3.18. The molecule has 1 aliphatic rings. The Bertz CT molecular complexity index is 1400. The molecule has 0 amide bonds. The summed E-state index contributed by atoms with van der Waals surface area (Å²) in [7, 11) is 0. The van der Waals surface area contributed by atoms with Crippen LogP contribution in [-0.2, 0) is 5.41 Å². The van der Waals surface area contributed by atoms with Gasteiger partial charge in [0, 0.05) is 0 Å². The van der Waals surface area contributed by atoms with Crippen molar-refractivity contribution in [1.29, 1.82) is 0 Å². The van der Waals surface area contributed by atoms with Crippen LogP contribution in [0.1, 0.15) is 33.4 Å². The summed E-state index contributed by atoms with van der Waals surface area (Å²) in [6.07, 6.45) is 0. The van der Waals surface area contributed by atoms with Gasteiger partial charge in [-0.25, -0.2) is 0 Å². The summed E-state index contributed by atoms with van der Waals surface area (Å²) in [6.45, 7) is 4.41. The maximum atomic E-state index is 2.30. The van der Waals surface area contributed by atoms with E-state index in [1.165, 1.54) is 55.6 Å². The lowest BCUT2D eigenvalue weighted by molar-refractivity contribution is 0.763. The average molecular weight is 423 g/mol. The number of benzene rings is 5. The third-order valence-corrected chi connectivity index (χ3v) is 7.15. The summed E-state index contributed by atoms with van der Waals surface area (Å²) in [5, 5.41) is 0. The first-order valence-corrected chi connectivity index (χ1v) is 11.6. The minimum absolute atomic E-state index is 0.375. The van der Waals surface area contributed by atoms with E-state index in [4.69, 9.17) is 0 Å². The van der Waals surface area contributed by atoms with Gasteiger partial charge in [-0.15, -0.1) is 0 Å². The molecule has 0 saturated carbocycles. The maximum Gasteiger partial charge on any atom is 0.0722 e. The molecule has 0 atom stereocenters. The van der Waals surface area contributed by atoms with E-state index >= 15 is 0 Å².